The summed E-state index contributed by atoms with van der Waals surface area (Å²) in [5, 5.41) is 3.74. The van der Waals surface area contributed by atoms with Crippen LogP contribution in [0, 0.1) is 0 Å². The zero-order valence-electron chi connectivity index (χ0n) is 11.5. The number of oxime groups is 1. The highest BCUT2D eigenvalue weighted by Gasteiger charge is 2.18. The van der Waals surface area contributed by atoms with Gasteiger partial charge in [-0.1, -0.05) is 16.5 Å². The molecule has 0 aromatic carbocycles. The highest BCUT2D eigenvalue weighted by atomic mass is 32.2. The second kappa shape index (κ2) is 9.06. The first-order valence-electron chi connectivity index (χ1n) is 6.10. The van der Waals surface area contributed by atoms with Gasteiger partial charge in [0.15, 0.2) is 5.83 Å². The van der Waals surface area contributed by atoms with Crippen molar-refractivity contribution >= 4 is 28.7 Å². The smallest absolute Gasteiger partial charge is 0.301 e. The molecule has 1 heterocycles. The summed E-state index contributed by atoms with van der Waals surface area (Å²) in [6.07, 6.45) is 0.614. The third-order valence-corrected chi connectivity index (χ3v) is 4.77. The molecule has 0 aliphatic heterocycles. The number of rotatable bonds is 8. The summed E-state index contributed by atoms with van der Waals surface area (Å²) in [7, 11) is 0. The predicted octanol–water partition coefficient (Wildman–Crippen LogP) is 3.67. The van der Waals surface area contributed by atoms with Crippen molar-refractivity contribution in [2.75, 3.05) is 5.75 Å². The van der Waals surface area contributed by atoms with E-state index in [1.165, 1.54) is 17.5 Å². The number of nitrogens with zero attached hydrogens (tertiary/aromatic N) is 2. The van der Waals surface area contributed by atoms with Gasteiger partial charge in [0.2, 0.25) is 0 Å². The van der Waals surface area contributed by atoms with Crippen molar-refractivity contribution in [2.45, 2.75) is 37.1 Å². The zero-order valence-corrected chi connectivity index (χ0v) is 13.1. The number of aromatic nitrogens is 1. The van der Waals surface area contributed by atoms with Gasteiger partial charge in [0.1, 0.15) is 11.9 Å². The molecule has 0 N–H and O–H groups in total. The molecule has 0 bridgehead atoms. The molecule has 4 nitrogen and oxygen atoms in total. The minimum atomic E-state index is -2.37. The van der Waals surface area contributed by atoms with Crippen molar-refractivity contribution in [1.82, 2.24) is 4.98 Å². The second-order valence-corrected chi connectivity index (χ2v) is 7.06. The van der Waals surface area contributed by atoms with E-state index in [4.69, 9.17) is 4.84 Å². The van der Waals surface area contributed by atoms with Crippen LogP contribution in [0.5, 0.6) is 0 Å². The summed E-state index contributed by atoms with van der Waals surface area (Å²) in [4.78, 5) is 9.73. The molecule has 1 aromatic rings. The van der Waals surface area contributed by atoms with Crippen LogP contribution in [-0.4, -0.2) is 27.6 Å². The summed E-state index contributed by atoms with van der Waals surface area (Å²) < 4.78 is 48.4. The summed E-state index contributed by atoms with van der Waals surface area (Å²) >= 11 is -0.414. The van der Waals surface area contributed by atoms with Gasteiger partial charge in [-0.25, -0.2) is 4.39 Å². The van der Waals surface area contributed by atoms with E-state index in [9.17, 15) is 17.7 Å². The first kappa shape index (κ1) is 18.0. The fourth-order valence-electron chi connectivity index (χ4n) is 1.15. The molecule has 0 saturated heterocycles. The van der Waals surface area contributed by atoms with E-state index in [2.05, 4.69) is 10.1 Å². The first-order chi connectivity index (χ1) is 9.90. The van der Waals surface area contributed by atoms with Gasteiger partial charge < -0.3 is 9.39 Å². The van der Waals surface area contributed by atoms with E-state index in [1.54, 1.807) is 6.21 Å². The Balaban J connectivity index is 2.47. The lowest BCUT2D eigenvalue weighted by atomic mass is 10.4. The van der Waals surface area contributed by atoms with Crippen LogP contribution in [0.3, 0.4) is 0 Å². The highest BCUT2D eigenvalue weighted by molar-refractivity contribution is 7.93. The topological polar surface area (TPSA) is 57.5 Å². The van der Waals surface area contributed by atoms with Gasteiger partial charge in [-0.3, -0.25) is 0 Å². The van der Waals surface area contributed by atoms with E-state index in [1.807, 2.05) is 13.8 Å². The van der Waals surface area contributed by atoms with Gasteiger partial charge in [-0.2, -0.15) is 13.8 Å². The Morgan fingerprint density at radius 3 is 2.86 bits per heavy atom. The Morgan fingerprint density at radius 1 is 1.52 bits per heavy atom. The molecule has 9 heteroatoms. The Hall–Kier alpha value is -1.06. The van der Waals surface area contributed by atoms with Crippen LogP contribution in [0.25, 0.3) is 0 Å². The van der Waals surface area contributed by atoms with Crippen molar-refractivity contribution in [3.8, 4) is 0 Å². The summed E-state index contributed by atoms with van der Waals surface area (Å²) in [6.45, 7) is 3.69. The fourth-order valence-corrected chi connectivity index (χ4v) is 3.39. The normalized spacial score (nSPS) is 12.9. The number of allylic oxidation sites excluding steroid dienone is 1. The second-order valence-electron chi connectivity index (χ2n) is 4.20. The minimum Gasteiger partial charge on any atom is -0.610 e. The molecule has 1 atom stereocenters. The van der Waals surface area contributed by atoms with E-state index >= 15 is 0 Å². The summed E-state index contributed by atoms with van der Waals surface area (Å²) in [5.74, 6) is -1.75. The van der Waals surface area contributed by atoms with Crippen molar-refractivity contribution in [1.29, 1.82) is 0 Å². The molecule has 1 unspecified atom stereocenters. The van der Waals surface area contributed by atoms with E-state index in [0.717, 1.165) is 4.88 Å². The van der Waals surface area contributed by atoms with Crippen LogP contribution in [0.4, 0.5) is 13.2 Å². The van der Waals surface area contributed by atoms with E-state index < -0.39 is 29.5 Å². The van der Waals surface area contributed by atoms with Crippen LogP contribution in [0.2, 0.25) is 0 Å². The molecular formula is C12H15F3N2O2S2. The quantitative estimate of drug-likeness (QED) is 0.412. The van der Waals surface area contributed by atoms with Crippen molar-refractivity contribution in [2.24, 2.45) is 5.16 Å². The standard InChI is InChI=1S/C12H15F3N2O2S2/c1-8(2)19-17-5-3-9-7-16-12(20-9)21(18)6-4-10(13)11(14)15/h5,7-8H,3-4,6H2,1-2H3/b17-5+. The Bertz CT molecular complexity index is 502. The monoisotopic (exact) mass is 340 g/mol. The lowest BCUT2D eigenvalue weighted by Gasteiger charge is -2.04. The third-order valence-electron chi connectivity index (χ3n) is 2.08. The van der Waals surface area contributed by atoms with Gasteiger partial charge >= 0.3 is 10.4 Å². The summed E-state index contributed by atoms with van der Waals surface area (Å²) in [5.41, 5.74) is 0. The molecule has 0 amide bonds. The maximum absolute atomic E-state index is 12.6. The molecule has 0 aliphatic rings. The van der Waals surface area contributed by atoms with Crippen molar-refractivity contribution < 1.29 is 22.6 Å². The average Bonchev–Trinajstić information content (AvgIpc) is 2.89. The van der Waals surface area contributed by atoms with Crippen LogP contribution in [-0.2, 0) is 22.4 Å². The third kappa shape index (κ3) is 6.96. The van der Waals surface area contributed by atoms with Crippen LogP contribution >= 0.6 is 11.3 Å². The molecule has 118 valence electrons. The van der Waals surface area contributed by atoms with Gasteiger partial charge in [0.05, 0.1) is 6.42 Å². The number of hydrogen-bond donors (Lipinski definition) is 0. The molecule has 21 heavy (non-hydrogen) atoms. The van der Waals surface area contributed by atoms with Gasteiger partial charge in [0.25, 0.3) is 0 Å². The largest absolute Gasteiger partial charge is 0.610 e. The number of halogens is 3. The number of thiazole rings is 1. The van der Waals surface area contributed by atoms with E-state index in [-0.39, 0.29) is 16.2 Å². The SMILES string of the molecule is CC(C)O/N=C/Cc1cnc([S+]([O-])CCC(F)=C(F)F)s1. The zero-order chi connectivity index (χ0) is 15.8. The summed E-state index contributed by atoms with van der Waals surface area (Å²) in [6, 6.07) is 0. The average molecular weight is 340 g/mol. The minimum absolute atomic E-state index is 0.00961. The molecule has 0 spiro atoms. The molecule has 0 fully saturated rings. The fraction of sp³-hybridized carbons (Fsp3) is 0.500. The predicted molar refractivity (Wildman–Crippen MR) is 76.8 cm³/mol. The molecular weight excluding hydrogens is 325 g/mol. The van der Waals surface area contributed by atoms with E-state index in [0.29, 0.717) is 6.42 Å². The molecule has 1 aromatic heterocycles. The molecule has 0 radical (unpaired) electrons. The molecule has 0 saturated carbocycles. The van der Waals surface area contributed by atoms with Crippen LogP contribution in [0.1, 0.15) is 25.1 Å². The Kier molecular flexibility index (Phi) is 7.76. The molecule has 0 aliphatic carbocycles. The lowest BCUT2D eigenvalue weighted by Crippen LogP contribution is -2.06. The maximum atomic E-state index is 12.6. The van der Waals surface area contributed by atoms with Gasteiger partial charge in [0, 0.05) is 34.9 Å². The van der Waals surface area contributed by atoms with Crippen LogP contribution < -0.4 is 0 Å². The van der Waals surface area contributed by atoms with Gasteiger partial charge in [-0.15, -0.1) is 0 Å². The van der Waals surface area contributed by atoms with Crippen molar-refractivity contribution in [3.63, 3.8) is 0 Å². The lowest BCUT2D eigenvalue weighted by molar-refractivity contribution is 0.0869. The molecule has 1 rings (SSSR count). The van der Waals surface area contributed by atoms with Gasteiger partial charge in [-0.05, 0) is 13.8 Å². The Morgan fingerprint density at radius 2 is 2.24 bits per heavy atom. The Labute approximate surface area is 127 Å². The highest BCUT2D eigenvalue weighted by Crippen LogP contribution is 2.22. The van der Waals surface area contributed by atoms with Crippen LogP contribution in [0.15, 0.2) is 27.6 Å². The maximum Gasteiger partial charge on any atom is 0.301 e. The first-order valence-corrected chi connectivity index (χ1v) is 8.24. The van der Waals surface area contributed by atoms with Crippen molar-refractivity contribution in [3.05, 3.63) is 23.0 Å². The number of hydrogen-bond acceptors (Lipinski definition) is 5.